The van der Waals surface area contributed by atoms with E-state index < -0.39 is 0 Å². The van der Waals surface area contributed by atoms with Crippen LogP contribution in [0.1, 0.15) is 16.3 Å². The molecule has 0 unspecified atom stereocenters. The van der Waals surface area contributed by atoms with Gasteiger partial charge in [0.2, 0.25) is 5.91 Å². The molecular formula is C15H15N5OS2. The summed E-state index contributed by atoms with van der Waals surface area (Å²) in [6, 6.07) is 7.72. The maximum absolute atomic E-state index is 12.1. The van der Waals surface area contributed by atoms with Crippen LogP contribution in [-0.4, -0.2) is 26.1 Å². The topological polar surface area (TPSA) is 83.6 Å². The van der Waals surface area contributed by atoms with Crippen molar-refractivity contribution >= 4 is 34.7 Å². The molecule has 0 spiro atoms. The van der Waals surface area contributed by atoms with Gasteiger partial charge in [0.1, 0.15) is 11.3 Å². The fraction of sp³-hybridized carbons (Fsp3) is 0.200. The molecule has 0 saturated heterocycles. The molecule has 3 rings (SSSR count). The smallest absolute Gasteiger partial charge is 0.231 e. The third kappa shape index (κ3) is 4.40. The molecule has 0 aliphatic heterocycles. The first-order chi connectivity index (χ1) is 11.2. The normalized spacial score (nSPS) is 10.7. The Labute approximate surface area is 141 Å². The maximum Gasteiger partial charge on any atom is 0.231 e. The number of anilines is 1. The van der Waals surface area contributed by atoms with Crippen LogP contribution in [0.15, 0.2) is 41.1 Å². The minimum absolute atomic E-state index is 0.0527. The van der Waals surface area contributed by atoms with Crippen LogP contribution in [0.25, 0.3) is 0 Å². The van der Waals surface area contributed by atoms with Gasteiger partial charge in [-0.15, -0.1) is 11.3 Å². The zero-order valence-electron chi connectivity index (χ0n) is 12.4. The molecule has 0 bridgehead atoms. The number of aryl methyl sites for hydroxylation is 1. The van der Waals surface area contributed by atoms with Crippen molar-refractivity contribution in [3.8, 4) is 0 Å². The van der Waals surface area contributed by atoms with Gasteiger partial charge >= 0.3 is 0 Å². The lowest BCUT2D eigenvalue weighted by atomic mass is 10.2. The van der Waals surface area contributed by atoms with Crippen molar-refractivity contribution in [1.29, 1.82) is 0 Å². The van der Waals surface area contributed by atoms with Crippen LogP contribution in [0.2, 0.25) is 0 Å². The van der Waals surface area contributed by atoms with Gasteiger partial charge in [-0.05, 0) is 18.6 Å². The third-order valence-corrected chi connectivity index (χ3v) is 4.89. The Hall–Kier alpha value is -2.19. The highest BCUT2D eigenvalue weighted by Crippen LogP contribution is 2.20. The van der Waals surface area contributed by atoms with E-state index in [1.165, 1.54) is 29.4 Å². The number of benzene rings is 1. The number of amides is 1. The highest BCUT2D eigenvalue weighted by Gasteiger charge is 2.10. The SMILES string of the molecule is Cc1ccccc1NC(=O)Cc1nc(CSc2ncn[nH]2)cs1. The van der Waals surface area contributed by atoms with Gasteiger partial charge in [-0.2, -0.15) is 5.10 Å². The zero-order valence-corrected chi connectivity index (χ0v) is 14.1. The number of thioether (sulfide) groups is 1. The molecule has 6 nitrogen and oxygen atoms in total. The van der Waals surface area contributed by atoms with E-state index in [0.29, 0.717) is 5.75 Å². The molecular weight excluding hydrogens is 330 g/mol. The molecule has 0 fully saturated rings. The van der Waals surface area contributed by atoms with Crippen LogP contribution in [0.4, 0.5) is 5.69 Å². The van der Waals surface area contributed by atoms with Gasteiger partial charge in [-0.25, -0.2) is 9.97 Å². The predicted molar refractivity (Wildman–Crippen MR) is 91.6 cm³/mol. The molecule has 2 heterocycles. The molecule has 1 amide bonds. The van der Waals surface area contributed by atoms with E-state index >= 15 is 0 Å². The molecule has 0 aliphatic carbocycles. The average molecular weight is 345 g/mol. The molecule has 0 radical (unpaired) electrons. The van der Waals surface area contributed by atoms with E-state index in [1.807, 2.05) is 36.6 Å². The number of hydrogen-bond donors (Lipinski definition) is 2. The predicted octanol–water partition coefficient (Wildman–Crippen LogP) is 3.04. The Kier molecular flexibility index (Phi) is 5.04. The quantitative estimate of drug-likeness (QED) is 0.671. The Morgan fingerprint density at radius 3 is 3.04 bits per heavy atom. The van der Waals surface area contributed by atoms with Crippen molar-refractivity contribution < 1.29 is 4.79 Å². The number of aromatic amines is 1. The molecule has 8 heteroatoms. The van der Waals surface area contributed by atoms with Crippen molar-refractivity contribution in [3.05, 3.63) is 52.2 Å². The summed E-state index contributed by atoms with van der Waals surface area (Å²) < 4.78 is 0. The van der Waals surface area contributed by atoms with Crippen molar-refractivity contribution in [2.45, 2.75) is 24.3 Å². The zero-order chi connectivity index (χ0) is 16.1. The van der Waals surface area contributed by atoms with Gasteiger partial charge in [0, 0.05) is 16.8 Å². The van der Waals surface area contributed by atoms with Gasteiger partial charge in [0.05, 0.1) is 12.1 Å². The monoisotopic (exact) mass is 345 g/mol. The summed E-state index contributed by atoms with van der Waals surface area (Å²) in [7, 11) is 0. The molecule has 118 valence electrons. The molecule has 0 aliphatic rings. The number of rotatable bonds is 6. The van der Waals surface area contributed by atoms with E-state index in [2.05, 4.69) is 25.5 Å². The van der Waals surface area contributed by atoms with E-state index in [1.54, 1.807) is 0 Å². The maximum atomic E-state index is 12.1. The summed E-state index contributed by atoms with van der Waals surface area (Å²) in [6.07, 6.45) is 1.76. The molecule has 3 aromatic rings. The number of nitrogens with zero attached hydrogens (tertiary/aromatic N) is 3. The second-order valence-electron chi connectivity index (χ2n) is 4.85. The van der Waals surface area contributed by atoms with Gasteiger partial charge in [0.15, 0.2) is 5.16 Å². The number of aromatic nitrogens is 4. The average Bonchev–Trinajstić information content (AvgIpc) is 3.19. The van der Waals surface area contributed by atoms with Crippen molar-refractivity contribution in [2.24, 2.45) is 0 Å². The van der Waals surface area contributed by atoms with Gasteiger partial charge in [0.25, 0.3) is 0 Å². The van der Waals surface area contributed by atoms with Gasteiger partial charge in [-0.3, -0.25) is 9.89 Å². The summed E-state index contributed by atoms with van der Waals surface area (Å²) in [5.74, 6) is 0.647. The lowest BCUT2D eigenvalue weighted by molar-refractivity contribution is -0.115. The highest BCUT2D eigenvalue weighted by atomic mass is 32.2. The number of thiazole rings is 1. The number of H-pyrrole nitrogens is 1. The largest absolute Gasteiger partial charge is 0.325 e. The van der Waals surface area contributed by atoms with Crippen LogP contribution >= 0.6 is 23.1 Å². The summed E-state index contributed by atoms with van der Waals surface area (Å²) in [5.41, 5.74) is 2.83. The van der Waals surface area contributed by atoms with Crippen LogP contribution in [0.5, 0.6) is 0 Å². The molecule has 2 aromatic heterocycles. The van der Waals surface area contributed by atoms with Crippen LogP contribution in [0, 0.1) is 6.92 Å². The van der Waals surface area contributed by atoms with Crippen LogP contribution in [0.3, 0.4) is 0 Å². The first-order valence-electron chi connectivity index (χ1n) is 6.97. The molecule has 0 atom stereocenters. The standard InChI is InChI=1S/C15H15N5OS2/c1-10-4-2-3-5-12(10)19-13(21)6-14-18-11(7-22-14)8-23-15-16-9-17-20-15/h2-5,7,9H,6,8H2,1H3,(H,19,21)(H,16,17,20). The Balaban J connectivity index is 1.54. The lowest BCUT2D eigenvalue weighted by Crippen LogP contribution is -2.15. The number of nitrogens with one attached hydrogen (secondary N) is 2. The molecule has 23 heavy (non-hydrogen) atoms. The lowest BCUT2D eigenvalue weighted by Gasteiger charge is -2.06. The summed E-state index contributed by atoms with van der Waals surface area (Å²) in [4.78, 5) is 20.7. The summed E-state index contributed by atoms with van der Waals surface area (Å²) in [6.45, 7) is 1.97. The van der Waals surface area contributed by atoms with Crippen molar-refractivity contribution in [1.82, 2.24) is 20.2 Å². The minimum Gasteiger partial charge on any atom is -0.325 e. The first kappa shape index (κ1) is 15.7. The van der Waals surface area contributed by atoms with Crippen molar-refractivity contribution in [2.75, 3.05) is 5.32 Å². The fourth-order valence-corrected chi connectivity index (χ4v) is 3.52. The van der Waals surface area contributed by atoms with Crippen LogP contribution < -0.4 is 5.32 Å². The van der Waals surface area contributed by atoms with Crippen LogP contribution in [-0.2, 0) is 17.0 Å². The summed E-state index contributed by atoms with van der Waals surface area (Å²) in [5, 5.41) is 13.1. The second-order valence-corrected chi connectivity index (χ2v) is 6.76. The van der Waals surface area contributed by atoms with Gasteiger partial charge < -0.3 is 5.32 Å². The molecule has 0 saturated carbocycles. The van der Waals surface area contributed by atoms with E-state index in [0.717, 1.165) is 27.1 Å². The number of para-hydroxylation sites is 1. The second kappa shape index (κ2) is 7.38. The molecule has 2 N–H and O–H groups in total. The van der Waals surface area contributed by atoms with E-state index in [-0.39, 0.29) is 12.3 Å². The first-order valence-corrected chi connectivity index (χ1v) is 8.84. The number of hydrogen-bond acceptors (Lipinski definition) is 6. The summed E-state index contributed by atoms with van der Waals surface area (Å²) >= 11 is 3.03. The molecule has 1 aromatic carbocycles. The fourth-order valence-electron chi connectivity index (χ4n) is 1.95. The van der Waals surface area contributed by atoms with E-state index in [4.69, 9.17) is 0 Å². The van der Waals surface area contributed by atoms with Crippen molar-refractivity contribution in [3.63, 3.8) is 0 Å². The number of carbonyl (C=O) groups excluding carboxylic acids is 1. The Bertz CT molecular complexity index is 785. The highest BCUT2D eigenvalue weighted by molar-refractivity contribution is 7.98. The number of carbonyl (C=O) groups is 1. The Morgan fingerprint density at radius 1 is 1.39 bits per heavy atom. The van der Waals surface area contributed by atoms with E-state index in [9.17, 15) is 4.79 Å². The Morgan fingerprint density at radius 2 is 2.26 bits per heavy atom. The third-order valence-electron chi connectivity index (χ3n) is 3.08. The minimum atomic E-state index is -0.0527. The van der Waals surface area contributed by atoms with Gasteiger partial charge in [-0.1, -0.05) is 30.0 Å².